The molecule has 1 heterocycles. The fourth-order valence-electron chi connectivity index (χ4n) is 1.70. The van der Waals surface area contributed by atoms with E-state index in [4.69, 9.17) is 4.74 Å². The van der Waals surface area contributed by atoms with Gasteiger partial charge >= 0.3 is 6.03 Å². The van der Waals surface area contributed by atoms with E-state index in [-0.39, 0.29) is 18.2 Å². The van der Waals surface area contributed by atoms with Crippen LogP contribution in [0, 0.1) is 0 Å². The monoisotopic (exact) mass is 200 g/mol. The zero-order chi connectivity index (χ0) is 10.6. The first-order valence-electron chi connectivity index (χ1n) is 5.33. The van der Waals surface area contributed by atoms with Crippen LogP contribution in [0.25, 0.3) is 0 Å². The fourth-order valence-corrected chi connectivity index (χ4v) is 1.70. The molecule has 0 radical (unpaired) electrons. The summed E-state index contributed by atoms with van der Waals surface area (Å²) in [6.07, 6.45) is 2.32. The molecule has 1 aliphatic rings. The molecule has 2 unspecified atom stereocenters. The minimum Gasteiger partial charge on any atom is -0.371 e. The van der Waals surface area contributed by atoms with Gasteiger partial charge in [0.25, 0.3) is 0 Å². The summed E-state index contributed by atoms with van der Waals surface area (Å²) in [5.41, 5.74) is 0. The van der Waals surface area contributed by atoms with Gasteiger partial charge < -0.3 is 15.0 Å². The summed E-state index contributed by atoms with van der Waals surface area (Å²) >= 11 is 0. The third-order valence-corrected chi connectivity index (χ3v) is 2.64. The Morgan fingerprint density at radius 1 is 1.36 bits per heavy atom. The van der Waals surface area contributed by atoms with Crippen molar-refractivity contribution in [3.05, 3.63) is 0 Å². The molecule has 14 heavy (non-hydrogen) atoms. The van der Waals surface area contributed by atoms with Crippen LogP contribution in [-0.4, -0.2) is 43.3 Å². The molecular weight excluding hydrogens is 180 g/mol. The molecule has 1 fully saturated rings. The number of carbonyl (C=O) groups is 1. The largest absolute Gasteiger partial charge is 0.371 e. The molecule has 1 N–H and O–H groups in total. The van der Waals surface area contributed by atoms with Gasteiger partial charge in [0.2, 0.25) is 0 Å². The van der Waals surface area contributed by atoms with Gasteiger partial charge in [0.15, 0.2) is 0 Å². The van der Waals surface area contributed by atoms with Crippen molar-refractivity contribution in [2.24, 2.45) is 0 Å². The highest BCUT2D eigenvalue weighted by Gasteiger charge is 2.27. The summed E-state index contributed by atoms with van der Waals surface area (Å²) in [6.45, 7) is 5.61. The number of hydrogen-bond acceptors (Lipinski definition) is 2. The van der Waals surface area contributed by atoms with Gasteiger partial charge in [0, 0.05) is 20.1 Å². The Balaban J connectivity index is 2.55. The molecular formula is C10H20N2O2. The molecule has 2 amide bonds. The zero-order valence-corrected chi connectivity index (χ0v) is 9.25. The minimum absolute atomic E-state index is 0.00481. The molecule has 0 bridgehead atoms. The van der Waals surface area contributed by atoms with Crippen LogP contribution in [0.3, 0.4) is 0 Å². The molecule has 0 aromatic rings. The standard InChI is InChI=1S/C10H20N2O2/c1-4-8-6-12(10(13)11-3)7-9(5-2)14-8/h8-9H,4-7H2,1-3H3,(H,11,13). The Morgan fingerprint density at radius 3 is 2.21 bits per heavy atom. The highest BCUT2D eigenvalue weighted by atomic mass is 16.5. The molecule has 0 saturated carbocycles. The summed E-state index contributed by atoms with van der Waals surface area (Å²) in [5.74, 6) is 0. The number of amides is 2. The van der Waals surface area contributed by atoms with Crippen molar-refractivity contribution in [2.75, 3.05) is 20.1 Å². The molecule has 4 nitrogen and oxygen atoms in total. The molecule has 1 rings (SSSR count). The van der Waals surface area contributed by atoms with E-state index in [1.165, 1.54) is 0 Å². The summed E-state index contributed by atoms with van der Waals surface area (Å²) in [6, 6.07) is 0.00481. The first-order valence-corrected chi connectivity index (χ1v) is 5.33. The maximum Gasteiger partial charge on any atom is 0.317 e. The molecule has 1 aliphatic heterocycles. The van der Waals surface area contributed by atoms with E-state index in [0.29, 0.717) is 13.1 Å². The topological polar surface area (TPSA) is 41.6 Å². The predicted octanol–water partition coefficient (Wildman–Crippen LogP) is 1.22. The number of hydrogen-bond donors (Lipinski definition) is 1. The van der Waals surface area contributed by atoms with Gasteiger partial charge in [0.1, 0.15) is 0 Å². The Bertz CT molecular complexity index is 185. The predicted molar refractivity (Wildman–Crippen MR) is 55.3 cm³/mol. The van der Waals surface area contributed by atoms with Crippen LogP contribution in [0.2, 0.25) is 0 Å². The molecule has 0 aromatic heterocycles. The van der Waals surface area contributed by atoms with Crippen LogP contribution < -0.4 is 5.32 Å². The van der Waals surface area contributed by atoms with Crippen LogP contribution in [0.5, 0.6) is 0 Å². The summed E-state index contributed by atoms with van der Waals surface area (Å²) in [5, 5.41) is 2.66. The smallest absolute Gasteiger partial charge is 0.317 e. The minimum atomic E-state index is 0.00481. The average Bonchev–Trinajstić information content (AvgIpc) is 2.27. The lowest BCUT2D eigenvalue weighted by atomic mass is 10.1. The molecule has 82 valence electrons. The maximum atomic E-state index is 11.4. The van der Waals surface area contributed by atoms with Gasteiger partial charge in [-0.3, -0.25) is 0 Å². The number of nitrogens with zero attached hydrogens (tertiary/aromatic N) is 1. The average molecular weight is 200 g/mol. The van der Waals surface area contributed by atoms with E-state index >= 15 is 0 Å². The van der Waals surface area contributed by atoms with Crippen molar-refractivity contribution in [3.8, 4) is 0 Å². The van der Waals surface area contributed by atoms with Crippen molar-refractivity contribution in [1.82, 2.24) is 10.2 Å². The lowest BCUT2D eigenvalue weighted by Gasteiger charge is -2.37. The normalized spacial score (nSPS) is 27.5. The first-order chi connectivity index (χ1) is 6.71. The molecule has 2 atom stereocenters. The van der Waals surface area contributed by atoms with E-state index in [1.54, 1.807) is 7.05 Å². The maximum absolute atomic E-state index is 11.4. The second-order valence-electron chi connectivity index (χ2n) is 3.66. The van der Waals surface area contributed by atoms with Gasteiger partial charge in [-0.2, -0.15) is 0 Å². The van der Waals surface area contributed by atoms with E-state index in [0.717, 1.165) is 12.8 Å². The lowest BCUT2D eigenvalue weighted by Crippen LogP contribution is -2.52. The lowest BCUT2D eigenvalue weighted by molar-refractivity contribution is -0.0741. The third-order valence-electron chi connectivity index (χ3n) is 2.64. The number of rotatable bonds is 2. The SMILES string of the molecule is CCC1CN(C(=O)NC)CC(CC)O1. The highest BCUT2D eigenvalue weighted by Crippen LogP contribution is 2.15. The van der Waals surface area contributed by atoms with Gasteiger partial charge in [-0.1, -0.05) is 13.8 Å². The molecule has 0 aliphatic carbocycles. The van der Waals surface area contributed by atoms with Gasteiger partial charge in [-0.15, -0.1) is 0 Å². The zero-order valence-electron chi connectivity index (χ0n) is 9.25. The number of ether oxygens (including phenoxy) is 1. The second-order valence-corrected chi connectivity index (χ2v) is 3.66. The summed E-state index contributed by atoms with van der Waals surface area (Å²) in [4.78, 5) is 13.3. The quantitative estimate of drug-likeness (QED) is 0.728. The van der Waals surface area contributed by atoms with Crippen molar-refractivity contribution < 1.29 is 9.53 Å². The second kappa shape index (κ2) is 5.20. The third kappa shape index (κ3) is 2.61. The van der Waals surface area contributed by atoms with E-state index in [2.05, 4.69) is 19.2 Å². The van der Waals surface area contributed by atoms with Crippen molar-refractivity contribution in [2.45, 2.75) is 38.9 Å². The molecule has 0 aromatic carbocycles. The van der Waals surface area contributed by atoms with Crippen LogP contribution in [0.1, 0.15) is 26.7 Å². The molecule has 0 spiro atoms. The Hall–Kier alpha value is -0.770. The Labute approximate surface area is 85.6 Å². The van der Waals surface area contributed by atoms with E-state index in [9.17, 15) is 4.79 Å². The van der Waals surface area contributed by atoms with Crippen molar-refractivity contribution in [1.29, 1.82) is 0 Å². The molecule has 4 heteroatoms. The Morgan fingerprint density at radius 2 is 1.86 bits per heavy atom. The fraction of sp³-hybridized carbons (Fsp3) is 0.900. The van der Waals surface area contributed by atoms with Crippen LogP contribution in [-0.2, 0) is 4.74 Å². The Kier molecular flexibility index (Phi) is 4.20. The van der Waals surface area contributed by atoms with Crippen LogP contribution in [0.4, 0.5) is 4.79 Å². The van der Waals surface area contributed by atoms with Crippen molar-refractivity contribution in [3.63, 3.8) is 0 Å². The summed E-state index contributed by atoms with van der Waals surface area (Å²) < 4.78 is 5.79. The molecule has 1 saturated heterocycles. The number of carbonyl (C=O) groups excluding carboxylic acids is 1. The van der Waals surface area contributed by atoms with Crippen LogP contribution in [0.15, 0.2) is 0 Å². The van der Waals surface area contributed by atoms with E-state index < -0.39 is 0 Å². The van der Waals surface area contributed by atoms with Gasteiger partial charge in [-0.05, 0) is 12.8 Å². The number of morpholine rings is 1. The number of nitrogens with one attached hydrogen (secondary N) is 1. The van der Waals surface area contributed by atoms with Gasteiger partial charge in [-0.25, -0.2) is 4.79 Å². The summed E-state index contributed by atoms with van der Waals surface area (Å²) in [7, 11) is 1.67. The highest BCUT2D eigenvalue weighted by molar-refractivity contribution is 5.73. The van der Waals surface area contributed by atoms with Gasteiger partial charge in [0.05, 0.1) is 12.2 Å². The first kappa shape index (κ1) is 11.3. The van der Waals surface area contributed by atoms with Crippen molar-refractivity contribution >= 4 is 6.03 Å². The number of urea groups is 1. The van der Waals surface area contributed by atoms with Crippen LogP contribution >= 0.6 is 0 Å². The van der Waals surface area contributed by atoms with E-state index in [1.807, 2.05) is 4.90 Å².